The Morgan fingerprint density at radius 1 is 1.33 bits per heavy atom. The predicted molar refractivity (Wildman–Crippen MR) is 55.5 cm³/mol. The number of hydrogen-bond acceptors (Lipinski definition) is 3. The molecule has 0 saturated carbocycles. The van der Waals surface area contributed by atoms with Crippen LogP contribution in [0.1, 0.15) is 27.2 Å². The first-order valence-electron chi connectivity index (χ1n) is 5.04. The van der Waals surface area contributed by atoms with Gasteiger partial charge in [0.05, 0.1) is 0 Å². The third-order valence-electron chi connectivity index (χ3n) is 1.85. The van der Waals surface area contributed by atoms with E-state index < -0.39 is 18.7 Å². The number of rotatable bonds is 7. The number of carboxylic acids is 1. The minimum Gasteiger partial charge on any atom is -0.480 e. The van der Waals surface area contributed by atoms with Gasteiger partial charge in [0.15, 0.2) is 0 Å². The largest absolute Gasteiger partial charge is 0.480 e. The average Bonchev–Trinajstić information content (AvgIpc) is 2.13. The molecular formula is C10H19NO4. The summed E-state index contributed by atoms with van der Waals surface area (Å²) in [6.07, 6.45) is 0.186. The molecule has 0 saturated heterocycles. The molecule has 0 radical (unpaired) electrons. The molecule has 0 heterocycles. The Labute approximate surface area is 89.8 Å². The lowest BCUT2D eigenvalue weighted by molar-refractivity contribution is -0.147. The van der Waals surface area contributed by atoms with Gasteiger partial charge in [-0.2, -0.15) is 0 Å². The quantitative estimate of drug-likeness (QED) is 0.656. The second-order valence-corrected chi connectivity index (χ2v) is 3.82. The van der Waals surface area contributed by atoms with E-state index in [9.17, 15) is 9.59 Å². The molecule has 1 amide bonds. The molecule has 5 nitrogen and oxygen atoms in total. The highest BCUT2D eigenvalue weighted by atomic mass is 16.5. The molecule has 0 aliphatic rings. The third kappa shape index (κ3) is 7.93. The molecule has 0 fully saturated rings. The number of carbonyl (C=O) groups is 2. The fraction of sp³-hybridized carbons (Fsp3) is 0.800. The van der Waals surface area contributed by atoms with E-state index in [1.54, 1.807) is 0 Å². The van der Waals surface area contributed by atoms with Crippen molar-refractivity contribution in [3.63, 3.8) is 0 Å². The van der Waals surface area contributed by atoms with E-state index in [0.717, 1.165) is 6.42 Å². The first-order chi connectivity index (χ1) is 6.93. The summed E-state index contributed by atoms with van der Waals surface area (Å²) in [5.41, 5.74) is 0. The lowest BCUT2D eigenvalue weighted by Gasteiger charge is -2.12. The summed E-state index contributed by atoms with van der Waals surface area (Å²) in [7, 11) is 0. The van der Waals surface area contributed by atoms with Crippen LogP contribution in [-0.2, 0) is 14.3 Å². The van der Waals surface area contributed by atoms with E-state index in [4.69, 9.17) is 9.84 Å². The van der Waals surface area contributed by atoms with Gasteiger partial charge < -0.3 is 15.2 Å². The average molecular weight is 217 g/mol. The minimum atomic E-state index is -1.07. The maximum absolute atomic E-state index is 11.3. The van der Waals surface area contributed by atoms with Crippen molar-refractivity contribution in [3.8, 4) is 0 Å². The molecule has 0 rings (SSSR count). The van der Waals surface area contributed by atoms with Gasteiger partial charge in [0.2, 0.25) is 5.91 Å². The maximum Gasteiger partial charge on any atom is 0.329 e. The zero-order chi connectivity index (χ0) is 11.8. The van der Waals surface area contributed by atoms with Crippen LogP contribution in [0, 0.1) is 5.92 Å². The van der Waals surface area contributed by atoms with Crippen LogP contribution >= 0.6 is 0 Å². The predicted octanol–water partition coefficient (Wildman–Crippen LogP) is 0.638. The van der Waals surface area contributed by atoms with E-state index in [-0.39, 0.29) is 5.91 Å². The van der Waals surface area contributed by atoms with E-state index in [1.807, 2.05) is 0 Å². The molecular weight excluding hydrogens is 198 g/mol. The fourth-order valence-corrected chi connectivity index (χ4v) is 0.900. The Bertz CT molecular complexity index is 215. The van der Waals surface area contributed by atoms with Gasteiger partial charge in [-0.1, -0.05) is 13.8 Å². The van der Waals surface area contributed by atoms with Crippen LogP contribution in [0.2, 0.25) is 0 Å². The molecule has 0 aromatic heterocycles. The summed E-state index contributed by atoms with van der Waals surface area (Å²) in [6, 6.07) is 0. The van der Waals surface area contributed by atoms with E-state index in [0.29, 0.717) is 12.5 Å². The van der Waals surface area contributed by atoms with Crippen LogP contribution in [0.4, 0.5) is 0 Å². The molecule has 0 aliphatic carbocycles. The SMILES string of the molecule is CC(C)CCNC(=O)C(C)OCC(=O)O. The van der Waals surface area contributed by atoms with Gasteiger partial charge in [-0.15, -0.1) is 0 Å². The van der Waals surface area contributed by atoms with Crippen molar-refractivity contribution in [1.82, 2.24) is 5.32 Å². The van der Waals surface area contributed by atoms with Crippen LogP contribution < -0.4 is 5.32 Å². The molecule has 5 heteroatoms. The van der Waals surface area contributed by atoms with Crippen molar-refractivity contribution in [1.29, 1.82) is 0 Å². The maximum atomic E-state index is 11.3. The fourth-order valence-electron chi connectivity index (χ4n) is 0.900. The first kappa shape index (κ1) is 13.9. The lowest BCUT2D eigenvalue weighted by atomic mass is 10.1. The van der Waals surface area contributed by atoms with Crippen molar-refractivity contribution < 1.29 is 19.4 Å². The Hall–Kier alpha value is -1.10. The van der Waals surface area contributed by atoms with E-state index in [2.05, 4.69) is 19.2 Å². The molecule has 2 N–H and O–H groups in total. The van der Waals surface area contributed by atoms with Crippen molar-refractivity contribution in [3.05, 3.63) is 0 Å². The Kier molecular flexibility index (Phi) is 6.70. The monoisotopic (exact) mass is 217 g/mol. The Balaban J connectivity index is 3.64. The van der Waals surface area contributed by atoms with Gasteiger partial charge in [0.25, 0.3) is 0 Å². The topological polar surface area (TPSA) is 75.6 Å². The number of aliphatic carboxylic acids is 1. The second kappa shape index (κ2) is 7.23. The number of carbonyl (C=O) groups excluding carboxylic acids is 1. The van der Waals surface area contributed by atoms with Crippen molar-refractivity contribution >= 4 is 11.9 Å². The number of amides is 1. The molecule has 1 unspecified atom stereocenters. The molecule has 0 aromatic carbocycles. The number of ether oxygens (including phenoxy) is 1. The molecule has 88 valence electrons. The number of nitrogens with one attached hydrogen (secondary N) is 1. The zero-order valence-corrected chi connectivity index (χ0v) is 9.45. The van der Waals surface area contributed by atoms with Crippen molar-refractivity contribution in [2.45, 2.75) is 33.3 Å². The van der Waals surface area contributed by atoms with Gasteiger partial charge in [-0.3, -0.25) is 4.79 Å². The smallest absolute Gasteiger partial charge is 0.329 e. The number of hydrogen-bond donors (Lipinski definition) is 2. The van der Waals surface area contributed by atoms with E-state index >= 15 is 0 Å². The summed E-state index contributed by atoms with van der Waals surface area (Å²) in [4.78, 5) is 21.5. The first-order valence-corrected chi connectivity index (χ1v) is 5.04. The van der Waals surface area contributed by atoms with Crippen LogP contribution in [-0.4, -0.2) is 36.2 Å². The third-order valence-corrected chi connectivity index (χ3v) is 1.85. The van der Waals surface area contributed by atoms with Crippen molar-refractivity contribution in [2.24, 2.45) is 5.92 Å². The van der Waals surface area contributed by atoms with Gasteiger partial charge in [0, 0.05) is 6.54 Å². The Morgan fingerprint density at radius 2 is 1.93 bits per heavy atom. The molecule has 0 aromatic rings. The molecule has 0 bridgehead atoms. The summed E-state index contributed by atoms with van der Waals surface area (Å²) in [5, 5.41) is 11.0. The number of carboxylic acid groups (broad SMARTS) is 1. The highest BCUT2D eigenvalue weighted by Gasteiger charge is 2.13. The molecule has 1 atom stereocenters. The van der Waals surface area contributed by atoms with Crippen LogP contribution in [0.25, 0.3) is 0 Å². The highest BCUT2D eigenvalue weighted by Crippen LogP contribution is 1.97. The minimum absolute atomic E-state index is 0.267. The summed E-state index contributed by atoms with van der Waals surface area (Å²) < 4.78 is 4.81. The summed E-state index contributed by atoms with van der Waals surface area (Å²) in [6.45, 7) is 5.82. The van der Waals surface area contributed by atoms with Crippen LogP contribution in [0.5, 0.6) is 0 Å². The van der Waals surface area contributed by atoms with E-state index in [1.165, 1.54) is 6.92 Å². The standard InChI is InChI=1S/C10H19NO4/c1-7(2)4-5-11-10(14)8(3)15-6-9(12)13/h7-8H,4-6H2,1-3H3,(H,11,14)(H,12,13). The lowest BCUT2D eigenvalue weighted by Crippen LogP contribution is -2.36. The van der Waals surface area contributed by atoms with Gasteiger partial charge >= 0.3 is 5.97 Å². The molecule has 0 aliphatic heterocycles. The molecule has 0 spiro atoms. The summed E-state index contributed by atoms with van der Waals surface area (Å²) >= 11 is 0. The van der Waals surface area contributed by atoms with Gasteiger partial charge in [-0.05, 0) is 19.3 Å². The summed E-state index contributed by atoms with van der Waals surface area (Å²) in [5.74, 6) is -0.811. The van der Waals surface area contributed by atoms with Crippen LogP contribution in [0.3, 0.4) is 0 Å². The van der Waals surface area contributed by atoms with Gasteiger partial charge in [0.1, 0.15) is 12.7 Å². The highest BCUT2D eigenvalue weighted by molar-refractivity contribution is 5.80. The van der Waals surface area contributed by atoms with Crippen LogP contribution in [0.15, 0.2) is 0 Å². The zero-order valence-electron chi connectivity index (χ0n) is 9.45. The molecule has 15 heavy (non-hydrogen) atoms. The normalized spacial score (nSPS) is 12.5. The van der Waals surface area contributed by atoms with Crippen molar-refractivity contribution in [2.75, 3.05) is 13.2 Å². The Morgan fingerprint density at radius 3 is 2.40 bits per heavy atom. The van der Waals surface area contributed by atoms with Gasteiger partial charge in [-0.25, -0.2) is 4.79 Å². The second-order valence-electron chi connectivity index (χ2n) is 3.82.